The molecule has 2 N–H and O–H groups in total. The summed E-state index contributed by atoms with van der Waals surface area (Å²) >= 11 is 6.00. The normalized spacial score (nSPS) is 20.2. The van der Waals surface area contributed by atoms with E-state index in [-0.39, 0.29) is 41.0 Å². The van der Waals surface area contributed by atoms with E-state index in [9.17, 15) is 14.3 Å². The van der Waals surface area contributed by atoms with Crippen LogP contribution in [0, 0.1) is 11.7 Å². The second-order valence-electron chi connectivity index (χ2n) is 6.44. The number of hydrogen-bond donors (Lipinski definition) is 2. The Bertz CT molecular complexity index is 759. The first kappa shape index (κ1) is 18.6. The molecule has 1 aromatic carbocycles. The van der Waals surface area contributed by atoms with Crippen LogP contribution in [0.4, 0.5) is 4.39 Å². The van der Waals surface area contributed by atoms with Crippen LogP contribution in [0.2, 0.25) is 5.02 Å². The number of carbonyl (C=O) groups excluding carboxylic acids is 1. The van der Waals surface area contributed by atoms with Gasteiger partial charge in [-0.1, -0.05) is 23.7 Å². The van der Waals surface area contributed by atoms with E-state index >= 15 is 0 Å². The van der Waals surface area contributed by atoms with Crippen molar-refractivity contribution in [1.82, 2.24) is 10.3 Å². The first-order valence-electron chi connectivity index (χ1n) is 8.38. The van der Waals surface area contributed by atoms with Gasteiger partial charge < -0.3 is 15.2 Å². The van der Waals surface area contributed by atoms with E-state index in [1.807, 2.05) is 6.07 Å². The topological polar surface area (TPSA) is 71.5 Å². The highest BCUT2D eigenvalue weighted by Gasteiger charge is 2.36. The number of pyridine rings is 1. The third kappa shape index (κ3) is 4.14. The molecule has 0 aliphatic heterocycles. The molecule has 7 heteroatoms. The predicted molar refractivity (Wildman–Crippen MR) is 95.5 cm³/mol. The monoisotopic (exact) mass is 378 g/mol. The highest BCUT2D eigenvalue weighted by atomic mass is 35.5. The molecular formula is C19H20ClFN2O3. The summed E-state index contributed by atoms with van der Waals surface area (Å²) in [5, 5.41) is 12.8. The predicted octanol–water partition coefficient (Wildman–Crippen LogP) is 3.05. The highest BCUT2D eigenvalue weighted by Crippen LogP contribution is 2.38. The maximum Gasteiger partial charge on any atom is 0.225 e. The van der Waals surface area contributed by atoms with Crippen molar-refractivity contribution in [2.24, 2.45) is 5.92 Å². The second kappa shape index (κ2) is 8.01. The third-order valence-electron chi connectivity index (χ3n) is 4.66. The molecular weight excluding hydrogens is 359 g/mol. The standard InChI is InChI=1S/C19H20ClFN2O3/c1-26-18-6-5-11(10-22-18)19(12-7-13(24)8-12)23-17(25)9-14-15(20)3-2-4-16(14)21/h2-6,10,12-13,19,24H,7-9H2,1H3,(H,23,25). The fraction of sp³-hybridized carbons (Fsp3) is 0.368. The Morgan fingerprint density at radius 1 is 1.42 bits per heavy atom. The molecule has 0 saturated heterocycles. The average molecular weight is 379 g/mol. The molecule has 1 heterocycles. The van der Waals surface area contributed by atoms with Crippen LogP contribution in [0.25, 0.3) is 0 Å². The molecule has 1 aromatic heterocycles. The van der Waals surface area contributed by atoms with Gasteiger partial charge in [-0.25, -0.2) is 9.37 Å². The van der Waals surface area contributed by atoms with Gasteiger partial charge in [0, 0.05) is 22.8 Å². The van der Waals surface area contributed by atoms with Crippen molar-refractivity contribution >= 4 is 17.5 Å². The summed E-state index contributed by atoms with van der Waals surface area (Å²) in [5.41, 5.74) is 0.989. The molecule has 2 aromatic rings. The number of hydrogen-bond acceptors (Lipinski definition) is 4. The smallest absolute Gasteiger partial charge is 0.225 e. The van der Waals surface area contributed by atoms with Crippen LogP contribution >= 0.6 is 11.6 Å². The van der Waals surface area contributed by atoms with E-state index in [1.54, 1.807) is 18.3 Å². The summed E-state index contributed by atoms with van der Waals surface area (Å²) < 4.78 is 19.0. The van der Waals surface area contributed by atoms with Crippen molar-refractivity contribution in [3.63, 3.8) is 0 Å². The van der Waals surface area contributed by atoms with Crippen LogP contribution in [0.1, 0.15) is 30.0 Å². The second-order valence-corrected chi connectivity index (χ2v) is 6.85. The number of halogens is 2. The first-order chi connectivity index (χ1) is 12.5. The summed E-state index contributed by atoms with van der Waals surface area (Å²) in [5.74, 6) is -0.264. The van der Waals surface area contributed by atoms with Gasteiger partial charge in [0.05, 0.1) is 25.7 Å². The van der Waals surface area contributed by atoms with E-state index in [1.165, 1.54) is 19.2 Å². The summed E-state index contributed by atoms with van der Waals surface area (Å²) in [4.78, 5) is 16.7. The number of amides is 1. The molecule has 1 saturated carbocycles. The number of aliphatic hydroxyl groups excluding tert-OH is 1. The molecule has 26 heavy (non-hydrogen) atoms. The van der Waals surface area contributed by atoms with Crippen LogP contribution in [-0.2, 0) is 11.2 Å². The lowest BCUT2D eigenvalue weighted by atomic mass is 9.75. The first-order valence-corrected chi connectivity index (χ1v) is 8.76. The minimum atomic E-state index is -0.505. The van der Waals surface area contributed by atoms with Crippen molar-refractivity contribution < 1.29 is 19.0 Å². The number of aromatic nitrogens is 1. The molecule has 138 valence electrons. The van der Waals surface area contributed by atoms with Crippen molar-refractivity contribution in [2.75, 3.05) is 7.11 Å². The Hall–Kier alpha value is -2.18. The molecule has 5 nitrogen and oxygen atoms in total. The van der Waals surface area contributed by atoms with Gasteiger partial charge >= 0.3 is 0 Å². The quantitative estimate of drug-likeness (QED) is 0.810. The zero-order valence-corrected chi connectivity index (χ0v) is 15.0. The summed E-state index contributed by atoms with van der Waals surface area (Å²) in [6.45, 7) is 0. The molecule has 3 rings (SSSR count). The average Bonchev–Trinajstić information content (AvgIpc) is 2.61. The Balaban J connectivity index is 1.75. The fourth-order valence-corrected chi connectivity index (χ4v) is 3.39. The van der Waals surface area contributed by atoms with Crippen LogP contribution < -0.4 is 10.1 Å². The highest BCUT2D eigenvalue weighted by molar-refractivity contribution is 6.31. The van der Waals surface area contributed by atoms with E-state index in [0.717, 1.165) is 5.56 Å². The number of methoxy groups -OCH3 is 1. The number of nitrogens with one attached hydrogen (secondary N) is 1. The van der Waals surface area contributed by atoms with Gasteiger partial charge in [-0.3, -0.25) is 4.79 Å². The maximum atomic E-state index is 13.9. The molecule has 1 atom stereocenters. The van der Waals surface area contributed by atoms with Crippen LogP contribution in [0.15, 0.2) is 36.5 Å². The lowest BCUT2D eigenvalue weighted by Crippen LogP contribution is -2.42. The molecule has 1 unspecified atom stereocenters. The van der Waals surface area contributed by atoms with Gasteiger partial charge in [-0.2, -0.15) is 0 Å². The van der Waals surface area contributed by atoms with E-state index < -0.39 is 5.82 Å². The lowest BCUT2D eigenvalue weighted by Gasteiger charge is -2.38. The number of nitrogens with zero attached hydrogens (tertiary/aromatic N) is 1. The van der Waals surface area contributed by atoms with E-state index in [4.69, 9.17) is 16.3 Å². The zero-order chi connectivity index (χ0) is 18.7. The number of aliphatic hydroxyl groups is 1. The molecule has 1 aliphatic carbocycles. The van der Waals surface area contributed by atoms with Crippen LogP contribution in [-0.4, -0.2) is 29.2 Å². The molecule has 0 spiro atoms. The Morgan fingerprint density at radius 2 is 2.19 bits per heavy atom. The largest absolute Gasteiger partial charge is 0.481 e. The molecule has 0 bridgehead atoms. The summed E-state index contributed by atoms with van der Waals surface area (Å²) in [6, 6.07) is 7.58. The maximum absolute atomic E-state index is 13.9. The summed E-state index contributed by atoms with van der Waals surface area (Å²) in [6.07, 6.45) is 2.33. The number of benzene rings is 1. The molecule has 1 aliphatic rings. The van der Waals surface area contributed by atoms with E-state index in [2.05, 4.69) is 10.3 Å². The summed E-state index contributed by atoms with van der Waals surface area (Å²) in [7, 11) is 1.53. The van der Waals surface area contributed by atoms with Gasteiger partial charge in [0.1, 0.15) is 5.82 Å². The van der Waals surface area contributed by atoms with Gasteiger partial charge in [0.2, 0.25) is 11.8 Å². The number of ether oxygens (including phenoxy) is 1. The minimum absolute atomic E-state index is 0.0974. The van der Waals surface area contributed by atoms with Crippen LogP contribution in [0.5, 0.6) is 5.88 Å². The lowest BCUT2D eigenvalue weighted by molar-refractivity contribution is -0.122. The molecule has 1 fully saturated rings. The number of carbonyl (C=O) groups is 1. The fourth-order valence-electron chi connectivity index (χ4n) is 3.16. The molecule has 0 radical (unpaired) electrons. The zero-order valence-electron chi connectivity index (χ0n) is 14.3. The van der Waals surface area contributed by atoms with Crippen molar-refractivity contribution in [1.29, 1.82) is 0 Å². The Kier molecular flexibility index (Phi) is 5.74. The van der Waals surface area contributed by atoms with Gasteiger partial charge in [-0.15, -0.1) is 0 Å². The van der Waals surface area contributed by atoms with Crippen molar-refractivity contribution in [2.45, 2.75) is 31.4 Å². The van der Waals surface area contributed by atoms with Crippen molar-refractivity contribution in [3.8, 4) is 5.88 Å². The van der Waals surface area contributed by atoms with Gasteiger partial charge in [-0.05, 0) is 36.5 Å². The Morgan fingerprint density at radius 3 is 2.77 bits per heavy atom. The van der Waals surface area contributed by atoms with Crippen LogP contribution in [0.3, 0.4) is 0 Å². The third-order valence-corrected chi connectivity index (χ3v) is 5.02. The molecule has 1 amide bonds. The number of rotatable bonds is 6. The van der Waals surface area contributed by atoms with Crippen molar-refractivity contribution in [3.05, 3.63) is 58.5 Å². The SMILES string of the molecule is COc1ccc(C(NC(=O)Cc2c(F)cccc2Cl)C2CC(O)C2)cn1. The van der Waals surface area contributed by atoms with E-state index in [0.29, 0.717) is 18.7 Å². The van der Waals surface area contributed by atoms with Gasteiger partial charge in [0.15, 0.2) is 0 Å². The Labute approximate surface area is 156 Å². The minimum Gasteiger partial charge on any atom is -0.481 e. The van der Waals surface area contributed by atoms with Gasteiger partial charge in [0.25, 0.3) is 0 Å².